The molecule has 4 aromatic rings. The topological polar surface area (TPSA) is 67.6 Å². The Kier molecular flexibility index (Phi) is 5.62. The van der Waals surface area contributed by atoms with E-state index in [1.165, 1.54) is 7.11 Å². The van der Waals surface area contributed by atoms with Crippen LogP contribution in [0.15, 0.2) is 95.5 Å². The molecule has 0 saturated carbocycles. The number of pyridine rings is 1. The van der Waals surface area contributed by atoms with E-state index >= 15 is 0 Å². The van der Waals surface area contributed by atoms with Crippen LogP contribution in [0.25, 0.3) is 11.3 Å². The Hall–Kier alpha value is -3.97. The van der Waals surface area contributed by atoms with Crippen molar-refractivity contribution in [3.63, 3.8) is 0 Å². The van der Waals surface area contributed by atoms with Crippen LogP contribution in [-0.2, 0) is 4.74 Å². The van der Waals surface area contributed by atoms with Crippen LogP contribution in [0.1, 0.15) is 33.9 Å². The molecule has 1 aliphatic rings. The van der Waals surface area contributed by atoms with Crippen molar-refractivity contribution in [1.82, 2.24) is 10.3 Å². The van der Waals surface area contributed by atoms with Crippen molar-refractivity contribution in [2.75, 3.05) is 12.0 Å². The highest BCUT2D eigenvalue weighted by Crippen LogP contribution is 2.43. The van der Waals surface area contributed by atoms with Crippen molar-refractivity contribution in [2.24, 2.45) is 0 Å². The third-order valence-corrected chi connectivity index (χ3v) is 5.96. The van der Waals surface area contributed by atoms with E-state index in [9.17, 15) is 4.79 Å². The number of nitrogens with zero attached hydrogens (tertiary/aromatic N) is 2. The summed E-state index contributed by atoms with van der Waals surface area (Å²) in [5.41, 5.74) is 2.93. The first-order valence-corrected chi connectivity index (χ1v) is 10.9. The van der Waals surface area contributed by atoms with Crippen molar-refractivity contribution in [1.29, 1.82) is 0 Å². The molecule has 0 unspecified atom stereocenters. The molecule has 1 N–H and O–H groups in total. The van der Waals surface area contributed by atoms with Gasteiger partial charge in [0.25, 0.3) is 0 Å². The molecule has 7 heteroatoms. The van der Waals surface area contributed by atoms with Crippen molar-refractivity contribution < 1.29 is 13.9 Å². The van der Waals surface area contributed by atoms with E-state index in [-0.39, 0.29) is 12.1 Å². The summed E-state index contributed by atoms with van der Waals surface area (Å²) < 4.78 is 11.3. The highest BCUT2D eigenvalue weighted by Gasteiger charge is 2.42. The number of hydrogen-bond acceptors (Lipinski definition) is 5. The maximum absolute atomic E-state index is 12.3. The molecular weight excluding hydrogens is 434 g/mol. The van der Waals surface area contributed by atoms with E-state index in [0.717, 1.165) is 11.4 Å². The first-order chi connectivity index (χ1) is 16.2. The third-order valence-electron chi connectivity index (χ3n) is 5.65. The Balaban J connectivity index is 1.60. The van der Waals surface area contributed by atoms with Crippen LogP contribution < -0.4 is 10.2 Å². The number of anilines is 1. The number of para-hydroxylation sites is 1. The fourth-order valence-corrected chi connectivity index (χ4v) is 4.50. The first kappa shape index (κ1) is 20.9. The van der Waals surface area contributed by atoms with E-state index in [2.05, 4.69) is 10.3 Å². The summed E-state index contributed by atoms with van der Waals surface area (Å²) in [4.78, 5) is 18.9. The molecule has 0 aliphatic carbocycles. The average Bonchev–Trinajstić information content (AvgIpc) is 3.49. The summed E-state index contributed by atoms with van der Waals surface area (Å²) >= 11 is 5.73. The number of methoxy groups -OCH3 is 1. The lowest BCUT2D eigenvalue weighted by atomic mass is 10.0. The van der Waals surface area contributed by atoms with Gasteiger partial charge < -0.3 is 19.4 Å². The number of esters is 1. The largest absolute Gasteiger partial charge is 0.465 e. The van der Waals surface area contributed by atoms with E-state index in [4.69, 9.17) is 21.4 Å². The van der Waals surface area contributed by atoms with Gasteiger partial charge in [-0.15, -0.1) is 0 Å². The molecule has 0 radical (unpaired) electrons. The van der Waals surface area contributed by atoms with Crippen LogP contribution in [0, 0.1) is 0 Å². The van der Waals surface area contributed by atoms with Gasteiger partial charge in [0.05, 0.1) is 24.4 Å². The van der Waals surface area contributed by atoms with Crippen LogP contribution in [0.3, 0.4) is 0 Å². The molecule has 1 saturated heterocycles. The number of rotatable bonds is 5. The summed E-state index contributed by atoms with van der Waals surface area (Å²) in [7, 11) is 1.37. The van der Waals surface area contributed by atoms with E-state index in [1.54, 1.807) is 18.3 Å². The van der Waals surface area contributed by atoms with E-state index in [1.807, 2.05) is 77.7 Å². The number of thiocarbonyl (C=S) groups is 1. The van der Waals surface area contributed by atoms with Gasteiger partial charge >= 0.3 is 5.97 Å². The molecule has 33 heavy (non-hydrogen) atoms. The van der Waals surface area contributed by atoms with Gasteiger partial charge in [0.15, 0.2) is 5.11 Å². The number of benzene rings is 2. The maximum Gasteiger partial charge on any atom is 0.338 e. The SMILES string of the molecule is COC(=O)c1ccccc1-c1ccc([C@@H]2[C@@H](c3ccccn3)NC(=S)N2c2ccccc2)o1. The van der Waals surface area contributed by atoms with Gasteiger partial charge in [-0.25, -0.2) is 4.79 Å². The molecule has 164 valence electrons. The number of nitrogens with one attached hydrogen (secondary N) is 1. The third kappa shape index (κ3) is 3.87. The fourth-order valence-electron chi connectivity index (χ4n) is 4.15. The van der Waals surface area contributed by atoms with E-state index < -0.39 is 5.97 Å². The monoisotopic (exact) mass is 455 g/mol. The Bertz CT molecular complexity index is 1290. The summed E-state index contributed by atoms with van der Waals surface area (Å²) in [5, 5.41) is 4.01. The number of carbonyl (C=O) groups is 1. The van der Waals surface area contributed by atoms with Gasteiger partial charge in [-0.05, 0) is 54.7 Å². The molecule has 2 aromatic carbocycles. The second-order valence-electron chi connectivity index (χ2n) is 7.57. The number of hydrogen-bond donors (Lipinski definition) is 1. The molecule has 3 heterocycles. The van der Waals surface area contributed by atoms with Gasteiger partial charge in [-0.3, -0.25) is 4.98 Å². The number of carbonyl (C=O) groups excluding carboxylic acids is 1. The molecule has 2 atom stereocenters. The lowest BCUT2D eigenvalue weighted by molar-refractivity contribution is 0.0601. The minimum Gasteiger partial charge on any atom is -0.465 e. The second kappa shape index (κ2) is 8.88. The van der Waals surface area contributed by atoms with Crippen LogP contribution >= 0.6 is 12.2 Å². The lowest BCUT2D eigenvalue weighted by Gasteiger charge is -2.26. The maximum atomic E-state index is 12.3. The molecule has 2 aromatic heterocycles. The first-order valence-electron chi connectivity index (χ1n) is 10.5. The minimum atomic E-state index is -0.412. The highest BCUT2D eigenvalue weighted by atomic mass is 32.1. The predicted octanol–water partition coefficient (Wildman–Crippen LogP) is 5.31. The van der Waals surface area contributed by atoms with Crippen molar-refractivity contribution in [2.45, 2.75) is 12.1 Å². The summed E-state index contributed by atoms with van der Waals surface area (Å²) in [6.45, 7) is 0. The molecule has 0 spiro atoms. The van der Waals surface area contributed by atoms with Crippen LogP contribution in [0.2, 0.25) is 0 Å². The second-order valence-corrected chi connectivity index (χ2v) is 7.96. The summed E-state index contributed by atoms with van der Waals surface area (Å²) in [5.74, 6) is 0.873. The number of furan rings is 1. The zero-order chi connectivity index (χ0) is 22.8. The molecule has 1 fully saturated rings. The van der Waals surface area contributed by atoms with Crippen LogP contribution in [-0.4, -0.2) is 23.2 Å². The molecule has 6 nitrogen and oxygen atoms in total. The Morgan fingerprint density at radius 2 is 1.76 bits per heavy atom. The zero-order valence-electron chi connectivity index (χ0n) is 17.8. The molecule has 5 rings (SSSR count). The Morgan fingerprint density at radius 3 is 2.52 bits per heavy atom. The highest BCUT2D eigenvalue weighted by molar-refractivity contribution is 7.80. The van der Waals surface area contributed by atoms with E-state index in [0.29, 0.717) is 27.8 Å². The lowest BCUT2D eigenvalue weighted by Crippen LogP contribution is -2.29. The van der Waals surface area contributed by atoms with Crippen molar-refractivity contribution >= 4 is 29.0 Å². The smallest absolute Gasteiger partial charge is 0.338 e. The van der Waals surface area contributed by atoms with Crippen molar-refractivity contribution in [3.8, 4) is 11.3 Å². The predicted molar refractivity (Wildman–Crippen MR) is 130 cm³/mol. The van der Waals surface area contributed by atoms with Crippen LogP contribution in [0.5, 0.6) is 0 Å². The Labute approximate surface area is 196 Å². The zero-order valence-corrected chi connectivity index (χ0v) is 18.7. The standard InChI is InChI=1S/C26H21N3O3S/c1-31-25(30)19-12-6-5-11-18(19)21-14-15-22(32-21)24-23(20-13-7-8-16-27-20)28-26(33)29(24)17-9-3-2-4-10-17/h2-16,23-24H,1H3,(H,28,33)/t23-,24-/m1/s1. The minimum absolute atomic E-state index is 0.214. The molecular formula is C26H21N3O3S. The van der Waals surface area contributed by atoms with Gasteiger partial charge in [0.1, 0.15) is 17.6 Å². The van der Waals surface area contributed by atoms with Gasteiger partial charge in [-0.1, -0.05) is 42.5 Å². The van der Waals surface area contributed by atoms with Gasteiger partial charge in [0, 0.05) is 17.4 Å². The van der Waals surface area contributed by atoms with Gasteiger partial charge in [-0.2, -0.15) is 0 Å². The number of aromatic nitrogens is 1. The molecule has 0 amide bonds. The fraction of sp³-hybridized carbons (Fsp3) is 0.115. The summed E-state index contributed by atoms with van der Waals surface area (Å²) in [6.07, 6.45) is 1.77. The average molecular weight is 456 g/mol. The quantitative estimate of drug-likeness (QED) is 0.323. The summed E-state index contributed by atoms with van der Waals surface area (Å²) in [6, 6.07) is 26.3. The van der Waals surface area contributed by atoms with Crippen LogP contribution in [0.4, 0.5) is 5.69 Å². The normalized spacial score (nSPS) is 17.6. The molecule has 1 aliphatic heterocycles. The van der Waals surface area contributed by atoms with Crippen molar-refractivity contribution in [3.05, 3.63) is 108 Å². The Morgan fingerprint density at radius 1 is 1.00 bits per heavy atom. The number of ether oxygens (including phenoxy) is 1. The molecule has 0 bridgehead atoms. The van der Waals surface area contributed by atoms with Gasteiger partial charge in [0.2, 0.25) is 0 Å².